The van der Waals surface area contributed by atoms with Crippen molar-refractivity contribution in [1.82, 2.24) is 9.58 Å². The van der Waals surface area contributed by atoms with Crippen molar-refractivity contribution >= 4 is 74.1 Å². The average molecular weight is 478 g/mol. The predicted molar refractivity (Wildman–Crippen MR) is 128 cm³/mol. The standard InChI is InChI=1S/C20H17Cl2N5OS2/c1-4-29-20-25-27-17(23)16(18(28)24-19(27)30-20)6-12-5-10(2)26(11(12)3)15-8-13(21)7-14(22)9-15/h5-9,23H,4H2,1-3H3/b16-6+,23-17?. The highest BCUT2D eigenvalue weighted by Crippen LogP contribution is 2.33. The third kappa shape index (κ3) is 3.85. The molecule has 3 heterocycles. The first kappa shape index (κ1) is 21.2. The molecular formula is C20H17Cl2N5OS2. The van der Waals surface area contributed by atoms with Gasteiger partial charge in [0.25, 0.3) is 5.91 Å². The van der Waals surface area contributed by atoms with E-state index < -0.39 is 5.91 Å². The van der Waals surface area contributed by atoms with Gasteiger partial charge in [0.05, 0.1) is 5.57 Å². The molecule has 10 heteroatoms. The van der Waals surface area contributed by atoms with E-state index in [9.17, 15) is 4.79 Å². The second-order valence-corrected chi connectivity index (χ2v) is 9.95. The summed E-state index contributed by atoms with van der Waals surface area (Å²) in [6, 6.07) is 7.30. The topological polar surface area (TPSA) is 73.8 Å². The van der Waals surface area contributed by atoms with Gasteiger partial charge < -0.3 is 4.57 Å². The third-order valence-electron chi connectivity index (χ3n) is 4.58. The number of amidine groups is 2. The summed E-state index contributed by atoms with van der Waals surface area (Å²) in [5.74, 6) is 0.447. The fourth-order valence-electron chi connectivity index (χ4n) is 3.31. The first-order chi connectivity index (χ1) is 14.3. The van der Waals surface area contributed by atoms with E-state index in [1.807, 2.05) is 43.5 Å². The molecule has 2 aliphatic rings. The second-order valence-electron chi connectivity index (χ2n) is 6.61. The van der Waals surface area contributed by atoms with Crippen molar-refractivity contribution in [3.05, 3.63) is 56.8 Å². The number of carbonyl (C=O) groups excluding carboxylic acids is 1. The molecule has 2 aliphatic heterocycles. The fourth-order valence-corrected chi connectivity index (χ4v) is 5.65. The SMILES string of the molecule is CCSC1=NN2C(=N)/C(=C\c3cc(C)n(-c4cc(Cl)cc(Cl)c4)c3C)C(=O)N=C2S1. The highest BCUT2D eigenvalue weighted by molar-refractivity contribution is 8.45. The molecule has 6 nitrogen and oxygen atoms in total. The Morgan fingerprint density at radius 3 is 2.57 bits per heavy atom. The van der Waals surface area contributed by atoms with E-state index in [1.165, 1.54) is 16.8 Å². The third-order valence-corrected chi connectivity index (χ3v) is 6.94. The van der Waals surface area contributed by atoms with Gasteiger partial charge in [0, 0.05) is 27.1 Å². The number of benzene rings is 1. The van der Waals surface area contributed by atoms with Crippen LogP contribution in [0, 0.1) is 19.3 Å². The molecule has 0 saturated carbocycles. The van der Waals surface area contributed by atoms with Crippen LogP contribution in [-0.2, 0) is 4.79 Å². The lowest BCUT2D eigenvalue weighted by Gasteiger charge is -2.20. The quantitative estimate of drug-likeness (QED) is 0.572. The van der Waals surface area contributed by atoms with Crippen molar-refractivity contribution in [2.45, 2.75) is 20.8 Å². The highest BCUT2D eigenvalue weighted by atomic mass is 35.5. The van der Waals surface area contributed by atoms with Gasteiger partial charge in [0.15, 0.2) is 10.2 Å². The summed E-state index contributed by atoms with van der Waals surface area (Å²) in [7, 11) is 0. The molecule has 0 spiro atoms. The largest absolute Gasteiger partial charge is 0.318 e. The maximum atomic E-state index is 12.6. The summed E-state index contributed by atoms with van der Waals surface area (Å²) in [5.41, 5.74) is 3.70. The second kappa shape index (κ2) is 8.26. The zero-order valence-corrected chi connectivity index (χ0v) is 19.5. The van der Waals surface area contributed by atoms with E-state index in [4.69, 9.17) is 28.6 Å². The van der Waals surface area contributed by atoms with Gasteiger partial charge in [-0.3, -0.25) is 10.2 Å². The number of hydrogen-bond donors (Lipinski definition) is 1. The van der Waals surface area contributed by atoms with Crippen LogP contribution in [0.25, 0.3) is 11.8 Å². The number of thioether (sulfide) groups is 2. The van der Waals surface area contributed by atoms with Crippen molar-refractivity contribution in [2.75, 3.05) is 5.75 Å². The Balaban J connectivity index is 1.74. The molecule has 30 heavy (non-hydrogen) atoms. The van der Waals surface area contributed by atoms with Gasteiger partial charge in [-0.25, -0.2) is 0 Å². The Morgan fingerprint density at radius 1 is 1.20 bits per heavy atom. The van der Waals surface area contributed by atoms with Gasteiger partial charge in [-0.1, -0.05) is 41.9 Å². The molecule has 0 atom stereocenters. The molecule has 1 aromatic carbocycles. The van der Waals surface area contributed by atoms with Crippen LogP contribution in [0.3, 0.4) is 0 Å². The molecule has 0 radical (unpaired) electrons. The monoisotopic (exact) mass is 477 g/mol. The number of amides is 1. The lowest BCUT2D eigenvalue weighted by atomic mass is 10.1. The molecule has 1 aromatic heterocycles. The van der Waals surface area contributed by atoms with Gasteiger partial charge in [0.1, 0.15) is 0 Å². The first-order valence-electron chi connectivity index (χ1n) is 9.07. The summed E-state index contributed by atoms with van der Waals surface area (Å²) in [4.78, 5) is 16.8. The number of fused-ring (bicyclic) bond motifs is 1. The molecular weight excluding hydrogens is 461 g/mol. The minimum atomic E-state index is -0.438. The van der Waals surface area contributed by atoms with Crippen molar-refractivity contribution in [1.29, 1.82) is 5.41 Å². The zero-order valence-electron chi connectivity index (χ0n) is 16.4. The van der Waals surface area contributed by atoms with E-state index in [0.717, 1.165) is 32.8 Å². The molecule has 2 aromatic rings. The Labute approximate surface area is 192 Å². The Hall–Kier alpha value is -2.00. The van der Waals surface area contributed by atoms with E-state index in [0.29, 0.717) is 15.2 Å². The van der Waals surface area contributed by atoms with Crippen LogP contribution in [0.15, 0.2) is 39.9 Å². The van der Waals surface area contributed by atoms with Crippen LogP contribution >= 0.6 is 46.7 Å². The molecule has 0 fully saturated rings. The number of aryl methyl sites for hydroxylation is 1. The zero-order chi connectivity index (χ0) is 21.6. The van der Waals surface area contributed by atoms with Crippen molar-refractivity contribution in [3.8, 4) is 5.69 Å². The number of nitrogens with one attached hydrogen (secondary N) is 1. The van der Waals surface area contributed by atoms with E-state index in [-0.39, 0.29) is 11.4 Å². The average Bonchev–Trinajstić information content (AvgIpc) is 3.18. The summed E-state index contributed by atoms with van der Waals surface area (Å²) in [6.45, 7) is 5.93. The molecule has 0 unspecified atom stereocenters. The van der Waals surface area contributed by atoms with E-state index >= 15 is 0 Å². The van der Waals surface area contributed by atoms with Crippen molar-refractivity contribution in [3.63, 3.8) is 0 Å². The van der Waals surface area contributed by atoms with E-state index in [1.54, 1.807) is 23.9 Å². The Kier molecular flexibility index (Phi) is 5.85. The van der Waals surface area contributed by atoms with Gasteiger partial charge in [-0.05, 0) is 67.3 Å². The number of hydrogen-bond acceptors (Lipinski definition) is 5. The number of aliphatic imine (C=N–C) groups is 1. The molecule has 0 bridgehead atoms. The number of nitrogens with zero attached hydrogens (tertiary/aromatic N) is 4. The summed E-state index contributed by atoms with van der Waals surface area (Å²) in [5, 5.41) is 15.9. The Morgan fingerprint density at radius 2 is 1.90 bits per heavy atom. The summed E-state index contributed by atoms with van der Waals surface area (Å²) >= 11 is 15.2. The number of hydrazone groups is 1. The molecule has 0 aliphatic carbocycles. The van der Waals surface area contributed by atoms with Crippen LogP contribution < -0.4 is 0 Å². The van der Waals surface area contributed by atoms with Crippen molar-refractivity contribution < 1.29 is 4.79 Å². The molecule has 4 rings (SSSR count). The maximum absolute atomic E-state index is 12.6. The fraction of sp³-hybridized carbons (Fsp3) is 0.200. The van der Waals surface area contributed by atoms with Gasteiger partial charge in [0.2, 0.25) is 5.17 Å². The molecule has 1 amide bonds. The highest BCUT2D eigenvalue weighted by Gasteiger charge is 2.35. The summed E-state index contributed by atoms with van der Waals surface area (Å²) in [6.07, 6.45) is 1.70. The van der Waals surface area contributed by atoms with Gasteiger partial charge >= 0.3 is 0 Å². The maximum Gasteiger partial charge on any atom is 0.283 e. The summed E-state index contributed by atoms with van der Waals surface area (Å²) < 4.78 is 2.79. The minimum absolute atomic E-state index is 0.0276. The lowest BCUT2D eigenvalue weighted by molar-refractivity contribution is -0.114. The number of rotatable bonds is 3. The molecule has 0 saturated heterocycles. The smallest absolute Gasteiger partial charge is 0.283 e. The molecule has 154 valence electrons. The number of aromatic nitrogens is 1. The number of halogens is 2. The van der Waals surface area contributed by atoms with Crippen LogP contribution in [-0.4, -0.2) is 36.6 Å². The minimum Gasteiger partial charge on any atom is -0.318 e. The van der Waals surface area contributed by atoms with Crippen LogP contribution in [0.2, 0.25) is 10.0 Å². The number of carbonyl (C=O) groups is 1. The lowest BCUT2D eigenvalue weighted by Crippen LogP contribution is -2.35. The van der Waals surface area contributed by atoms with Crippen LogP contribution in [0.5, 0.6) is 0 Å². The van der Waals surface area contributed by atoms with Gasteiger partial charge in [-0.2, -0.15) is 10.0 Å². The predicted octanol–water partition coefficient (Wildman–Crippen LogP) is 5.73. The van der Waals surface area contributed by atoms with Crippen LogP contribution in [0.4, 0.5) is 0 Å². The van der Waals surface area contributed by atoms with Crippen LogP contribution in [0.1, 0.15) is 23.9 Å². The van der Waals surface area contributed by atoms with Crippen molar-refractivity contribution in [2.24, 2.45) is 10.1 Å². The van der Waals surface area contributed by atoms with Gasteiger partial charge in [-0.15, -0.1) is 5.10 Å². The first-order valence-corrected chi connectivity index (χ1v) is 11.6. The Bertz CT molecular complexity index is 1160. The van der Waals surface area contributed by atoms with E-state index in [2.05, 4.69) is 10.1 Å². The molecule has 1 N–H and O–H groups in total. The normalized spacial score (nSPS) is 17.5.